The number of hydrogen-bond donors (Lipinski definition) is 1. The molecule has 0 unspecified atom stereocenters. The highest BCUT2D eigenvalue weighted by Gasteiger charge is 2.11. The molecule has 0 bridgehead atoms. The molecule has 20 heavy (non-hydrogen) atoms. The Morgan fingerprint density at radius 3 is 2.95 bits per heavy atom. The zero-order valence-electron chi connectivity index (χ0n) is 10.5. The highest BCUT2D eigenvalue weighted by Crippen LogP contribution is 2.36. The van der Waals surface area contributed by atoms with Gasteiger partial charge in [-0.25, -0.2) is 9.97 Å². The maximum Gasteiger partial charge on any atom is 0.170 e. The molecule has 0 fully saturated rings. The lowest BCUT2D eigenvalue weighted by Crippen LogP contribution is -1.98. The summed E-state index contributed by atoms with van der Waals surface area (Å²) in [5.74, 6) is 0.760. The zero-order valence-corrected chi connectivity index (χ0v) is 12.8. The molecule has 1 aromatic carbocycles. The van der Waals surface area contributed by atoms with E-state index in [2.05, 4.69) is 15.3 Å². The van der Waals surface area contributed by atoms with Crippen molar-refractivity contribution in [3.63, 3.8) is 0 Å². The first-order chi connectivity index (χ1) is 9.67. The van der Waals surface area contributed by atoms with Crippen molar-refractivity contribution in [3.8, 4) is 0 Å². The Morgan fingerprint density at radius 1 is 1.30 bits per heavy atom. The predicted molar refractivity (Wildman–Crippen MR) is 83.1 cm³/mol. The Labute approximate surface area is 130 Å². The van der Waals surface area contributed by atoms with Gasteiger partial charge in [0, 0.05) is 29.4 Å². The van der Waals surface area contributed by atoms with Gasteiger partial charge in [-0.1, -0.05) is 35.0 Å². The van der Waals surface area contributed by atoms with Gasteiger partial charge in [0.05, 0.1) is 11.2 Å². The number of hydrogen-bond acceptors (Lipinski definition) is 4. The smallest absolute Gasteiger partial charge is 0.170 e. The van der Waals surface area contributed by atoms with E-state index in [-0.39, 0.29) is 0 Å². The molecule has 1 N–H and O–H groups in total. The summed E-state index contributed by atoms with van der Waals surface area (Å²) in [5, 5.41) is 5.08. The van der Waals surface area contributed by atoms with E-state index in [1.807, 2.05) is 29.9 Å². The minimum Gasteiger partial charge on any atom is -0.372 e. The Morgan fingerprint density at radius 2 is 2.15 bits per heavy atom. The summed E-state index contributed by atoms with van der Waals surface area (Å²) >= 11 is 13.6. The molecular weight excluding hydrogens is 315 g/mol. The van der Waals surface area contributed by atoms with Crippen molar-refractivity contribution in [2.75, 3.05) is 12.4 Å². The lowest BCUT2D eigenvalue weighted by molar-refractivity contribution is 1.03. The van der Waals surface area contributed by atoms with Gasteiger partial charge in [0.1, 0.15) is 10.8 Å². The van der Waals surface area contributed by atoms with Gasteiger partial charge in [0.25, 0.3) is 0 Å². The number of nitrogens with one attached hydrogen (secondary N) is 1. The molecule has 0 aliphatic heterocycles. The largest absolute Gasteiger partial charge is 0.372 e. The highest BCUT2D eigenvalue weighted by atomic mass is 35.5. The van der Waals surface area contributed by atoms with Crippen LogP contribution in [0.1, 0.15) is 0 Å². The van der Waals surface area contributed by atoms with Crippen LogP contribution in [0.2, 0.25) is 10.0 Å². The second kappa shape index (κ2) is 5.52. The first kappa shape index (κ1) is 13.5. The molecule has 0 radical (unpaired) electrons. The Balaban J connectivity index is 2.09. The van der Waals surface area contributed by atoms with Crippen LogP contribution in [0.25, 0.3) is 5.65 Å². The molecule has 102 valence electrons. The molecular formula is C13H10Cl2N4S. The van der Waals surface area contributed by atoms with Crippen LogP contribution in [0.4, 0.5) is 5.82 Å². The summed E-state index contributed by atoms with van der Waals surface area (Å²) in [6.07, 6.45) is 5.49. The van der Waals surface area contributed by atoms with E-state index in [0.717, 1.165) is 21.4 Å². The van der Waals surface area contributed by atoms with Crippen LogP contribution in [0.3, 0.4) is 0 Å². The molecule has 0 aliphatic rings. The predicted octanol–water partition coefficient (Wildman–Crippen LogP) is 4.23. The van der Waals surface area contributed by atoms with E-state index in [9.17, 15) is 0 Å². The first-order valence-electron chi connectivity index (χ1n) is 5.82. The van der Waals surface area contributed by atoms with E-state index in [1.165, 1.54) is 11.8 Å². The van der Waals surface area contributed by atoms with E-state index < -0.39 is 0 Å². The van der Waals surface area contributed by atoms with Crippen molar-refractivity contribution in [2.24, 2.45) is 0 Å². The number of aromatic nitrogens is 3. The lowest BCUT2D eigenvalue weighted by Gasteiger charge is -2.08. The molecule has 0 spiro atoms. The maximum absolute atomic E-state index is 6.19. The summed E-state index contributed by atoms with van der Waals surface area (Å²) in [5.41, 5.74) is 0.782. The number of benzene rings is 1. The average Bonchev–Trinajstić information content (AvgIpc) is 2.91. The van der Waals surface area contributed by atoms with Crippen molar-refractivity contribution < 1.29 is 0 Å². The lowest BCUT2D eigenvalue weighted by atomic mass is 10.4. The van der Waals surface area contributed by atoms with Gasteiger partial charge < -0.3 is 9.72 Å². The van der Waals surface area contributed by atoms with Crippen LogP contribution >= 0.6 is 35.0 Å². The molecule has 7 heteroatoms. The first-order valence-corrected chi connectivity index (χ1v) is 7.39. The Bertz CT molecular complexity index is 772. The van der Waals surface area contributed by atoms with Crippen LogP contribution in [0.5, 0.6) is 0 Å². The monoisotopic (exact) mass is 324 g/mol. The number of halogens is 2. The highest BCUT2D eigenvalue weighted by molar-refractivity contribution is 7.99. The van der Waals surface area contributed by atoms with Crippen LogP contribution < -0.4 is 5.32 Å². The Hall–Kier alpha value is -1.43. The van der Waals surface area contributed by atoms with Crippen molar-refractivity contribution in [3.05, 3.63) is 46.8 Å². The van der Waals surface area contributed by atoms with Gasteiger partial charge in [0.2, 0.25) is 0 Å². The molecule has 3 aromatic rings. The maximum atomic E-state index is 6.19. The van der Waals surface area contributed by atoms with Gasteiger partial charge in [0.15, 0.2) is 5.65 Å². The van der Waals surface area contributed by atoms with E-state index in [0.29, 0.717) is 10.0 Å². The van der Waals surface area contributed by atoms with Crippen LogP contribution in [0, 0.1) is 0 Å². The molecule has 0 saturated carbocycles. The fourth-order valence-corrected chi connectivity index (χ4v) is 3.17. The van der Waals surface area contributed by atoms with Gasteiger partial charge >= 0.3 is 0 Å². The van der Waals surface area contributed by atoms with Crippen molar-refractivity contribution in [2.45, 2.75) is 9.92 Å². The number of rotatable bonds is 3. The summed E-state index contributed by atoms with van der Waals surface area (Å²) in [6.45, 7) is 0. The number of anilines is 1. The van der Waals surface area contributed by atoms with E-state index >= 15 is 0 Å². The molecule has 2 heterocycles. The second-order valence-corrected chi connectivity index (χ2v) is 5.89. The number of fused-ring (bicyclic) bond motifs is 1. The molecule has 2 aromatic heterocycles. The second-order valence-electron chi connectivity index (χ2n) is 4.02. The average molecular weight is 325 g/mol. The number of imidazole rings is 1. The van der Waals surface area contributed by atoms with Gasteiger partial charge in [-0.05, 0) is 18.2 Å². The number of nitrogens with zero attached hydrogens (tertiary/aromatic N) is 3. The molecule has 3 rings (SSSR count). The molecule has 0 saturated heterocycles. The van der Waals surface area contributed by atoms with Crippen molar-refractivity contribution in [1.82, 2.24) is 14.4 Å². The molecule has 0 aliphatic carbocycles. The minimum atomic E-state index is 0.640. The van der Waals surface area contributed by atoms with Gasteiger partial charge in [-0.15, -0.1) is 0 Å². The van der Waals surface area contributed by atoms with Crippen LogP contribution in [0.15, 0.2) is 46.7 Å². The fraction of sp³-hybridized carbons (Fsp3) is 0.0769. The standard InChI is InChI=1S/C13H10Cl2N4S/c1-16-11-7-19-5-4-17-12(19)13(18-11)20-10-6-8(14)2-3-9(10)15/h2-7,16H,1H3. The Kier molecular flexibility index (Phi) is 3.74. The zero-order chi connectivity index (χ0) is 14.1. The fourth-order valence-electron chi connectivity index (χ4n) is 1.75. The van der Waals surface area contributed by atoms with Crippen molar-refractivity contribution in [1.29, 1.82) is 0 Å². The quantitative estimate of drug-likeness (QED) is 0.782. The van der Waals surface area contributed by atoms with Gasteiger partial charge in [-0.3, -0.25) is 0 Å². The third kappa shape index (κ3) is 2.57. The van der Waals surface area contributed by atoms with Crippen molar-refractivity contribution >= 4 is 46.4 Å². The minimum absolute atomic E-state index is 0.640. The summed E-state index contributed by atoms with van der Waals surface area (Å²) < 4.78 is 1.92. The van der Waals surface area contributed by atoms with E-state index in [1.54, 1.807) is 18.3 Å². The molecule has 0 amide bonds. The summed E-state index contributed by atoms with van der Waals surface area (Å²) in [6, 6.07) is 5.36. The third-order valence-corrected chi connectivity index (χ3v) is 4.40. The topological polar surface area (TPSA) is 42.2 Å². The van der Waals surface area contributed by atoms with E-state index in [4.69, 9.17) is 23.2 Å². The molecule has 4 nitrogen and oxygen atoms in total. The normalized spacial score (nSPS) is 10.9. The van der Waals surface area contributed by atoms with Crippen LogP contribution in [-0.2, 0) is 0 Å². The SMILES string of the molecule is CNc1cn2ccnc2c(Sc2cc(Cl)ccc2Cl)n1. The third-order valence-electron chi connectivity index (χ3n) is 2.70. The van der Waals surface area contributed by atoms with Crippen LogP contribution in [-0.4, -0.2) is 21.4 Å². The molecule has 0 atom stereocenters. The summed E-state index contributed by atoms with van der Waals surface area (Å²) in [7, 11) is 1.83. The summed E-state index contributed by atoms with van der Waals surface area (Å²) in [4.78, 5) is 9.69. The van der Waals surface area contributed by atoms with Gasteiger partial charge in [-0.2, -0.15) is 0 Å².